The molecule has 0 fully saturated rings. The van der Waals surface area contributed by atoms with Crippen molar-refractivity contribution in [3.05, 3.63) is 94.1 Å². The van der Waals surface area contributed by atoms with Crippen molar-refractivity contribution in [1.82, 2.24) is 0 Å². The van der Waals surface area contributed by atoms with Gasteiger partial charge in [-0.2, -0.15) is 0 Å². The molecule has 1 aliphatic heterocycles. The lowest BCUT2D eigenvalue weighted by atomic mass is 10.1. The highest BCUT2D eigenvalue weighted by Crippen LogP contribution is 2.31. The molecule has 0 bridgehead atoms. The largest absolute Gasteiger partial charge is 0.497 e. The van der Waals surface area contributed by atoms with E-state index in [2.05, 4.69) is 10.6 Å². The maximum absolute atomic E-state index is 12.9. The molecule has 0 unspecified atom stereocenters. The van der Waals surface area contributed by atoms with Crippen LogP contribution in [0.1, 0.15) is 21.5 Å². The standard InChI is InChI=1S/C26H22ClN3O4/c1-15-4-7-19(14-16(15)2)29-24(31)17-5-8-18(9-6-17)28-23-22(27)25(32)30(26(23)33)20-10-12-21(34-3)13-11-20/h4-14,28H,1-3H3,(H,29,31). The number of hydrogen-bond donors (Lipinski definition) is 2. The summed E-state index contributed by atoms with van der Waals surface area (Å²) in [4.78, 5) is 39.1. The fraction of sp³-hybridized carbons (Fsp3) is 0.115. The van der Waals surface area contributed by atoms with Crippen LogP contribution in [-0.4, -0.2) is 24.8 Å². The van der Waals surface area contributed by atoms with Gasteiger partial charge in [0.1, 0.15) is 16.5 Å². The van der Waals surface area contributed by atoms with Crippen LogP contribution < -0.4 is 20.3 Å². The monoisotopic (exact) mass is 475 g/mol. The van der Waals surface area contributed by atoms with Crippen LogP contribution in [0.15, 0.2) is 77.5 Å². The van der Waals surface area contributed by atoms with Crippen LogP contribution in [0.25, 0.3) is 0 Å². The number of rotatable bonds is 6. The van der Waals surface area contributed by atoms with Crippen molar-refractivity contribution in [2.45, 2.75) is 13.8 Å². The summed E-state index contributed by atoms with van der Waals surface area (Å²) in [5, 5.41) is 5.56. The summed E-state index contributed by atoms with van der Waals surface area (Å²) < 4.78 is 5.11. The Hall–Kier alpha value is -4.10. The highest BCUT2D eigenvalue weighted by atomic mass is 35.5. The Balaban J connectivity index is 1.47. The molecule has 3 aromatic carbocycles. The molecule has 2 N–H and O–H groups in total. The van der Waals surface area contributed by atoms with Gasteiger partial charge >= 0.3 is 0 Å². The number of carbonyl (C=O) groups excluding carboxylic acids is 3. The summed E-state index contributed by atoms with van der Waals surface area (Å²) in [5.74, 6) is -0.854. The zero-order chi connectivity index (χ0) is 24.4. The molecule has 3 aromatic rings. The van der Waals surface area contributed by atoms with E-state index in [9.17, 15) is 14.4 Å². The summed E-state index contributed by atoms with van der Waals surface area (Å²) in [7, 11) is 1.53. The van der Waals surface area contributed by atoms with Crippen LogP contribution in [0.2, 0.25) is 0 Å². The second kappa shape index (κ2) is 9.41. The van der Waals surface area contributed by atoms with Gasteiger partial charge in [-0.15, -0.1) is 0 Å². The Morgan fingerprint density at radius 2 is 1.50 bits per heavy atom. The lowest BCUT2D eigenvalue weighted by molar-refractivity contribution is -0.120. The Kier molecular flexibility index (Phi) is 6.38. The quantitative estimate of drug-likeness (QED) is 0.490. The number of ether oxygens (including phenoxy) is 1. The zero-order valence-electron chi connectivity index (χ0n) is 18.8. The minimum Gasteiger partial charge on any atom is -0.497 e. The maximum atomic E-state index is 12.9. The number of anilines is 3. The summed E-state index contributed by atoms with van der Waals surface area (Å²) in [6.45, 7) is 3.99. The number of halogens is 1. The predicted molar refractivity (Wildman–Crippen MR) is 132 cm³/mol. The number of hydrogen-bond acceptors (Lipinski definition) is 5. The van der Waals surface area contributed by atoms with Crippen molar-refractivity contribution in [1.29, 1.82) is 0 Å². The molecule has 172 valence electrons. The van der Waals surface area contributed by atoms with Gasteiger partial charge in [-0.3, -0.25) is 14.4 Å². The normalized spacial score (nSPS) is 13.4. The molecule has 0 saturated heterocycles. The third-order valence-corrected chi connectivity index (χ3v) is 5.89. The Bertz CT molecular complexity index is 1310. The average Bonchev–Trinajstić information content (AvgIpc) is 3.05. The minimum absolute atomic E-state index is 0.0326. The first kappa shape index (κ1) is 23.1. The molecule has 0 aromatic heterocycles. The van der Waals surface area contributed by atoms with E-state index in [1.54, 1.807) is 48.5 Å². The second-order valence-electron chi connectivity index (χ2n) is 7.79. The van der Waals surface area contributed by atoms with Crippen molar-refractivity contribution in [3.8, 4) is 5.75 Å². The number of carbonyl (C=O) groups is 3. The molecule has 8 heteroatoms. The highest BCUT2D eigenvalue weighted by Gasteiger charge is 2.38. The van der Waals surface area contributed by atoms with E-state index in [0.717, 1.165) is 16.0 Å². The lowest BCUT2D eigenvalue weighted by Gasteiger charge is -2.15. The predicted octanol–water partition coefficient (Wildman–Crippen LogP) is 5.00. The van der Waals surface area contributed by atoms with Crippen LogP contribution in [0.4, 0.5) is 17.1 Å². The van der Waals surface area contributed by atoms with Crippen LogP contribution in [-0.2, 0) is 9.59 Å². The summed E-state index contributed by atoms with van der Waals surface area (Å²) in [6, 6.07) is 18.7. The lowest BCUT2D eigenvalue weighted by Crippen LogP contribution is -2.32. The first-order chi connectivity index (χ1) is 16.3. The van der Waals surface area contributed by atoms with Crippen LogP contribution in [0, 0.1) is 13.8 Å². The third-order valence-electron chi connectivity index (χ3n) is 5.54. The molecule has 7 nitrogen and oxygen atoms in total. The molecular weight excluding hydrogens is 454 g/mol. The summed E-state index contributed by atoms with van der Waals surface area (Å²) >= 11 is 6.19. The van der Waals surface area contributed by atoms with Gasteiger partial charge in [0.2, 0.25) is 0 Å². The molecule has 4 rings (SSSR count). The van der Waals surface area contributed by atoms with Gasteiger partial charge in [-0.05, 0) is 85.6 Å². The van der Waals surface area contributed by atoms with Gasteiger partial charge in [0.25, 0.3) is 17.7 Å². The SMILES string of the molecule is COc1ccc(N2C(=O)C(Cl)=C(Nc3ccc(C(=O)Nc4ccc(C)c(C)c4)cc3)C2=O)cc1. The molecule has 0 spiro atoms. The van der Waals surface area contributed by atoms with E-state index in [1.807, 2.05) is 32.0 Å². The van der Waals surface area contributed by atoms with Crippen molar-refractivity contribution < 1.29 is 19.1 Å². The summed E-state index contributed by atoms with van der Waals surface area (Å²) in [5.41, 5.74) is 4.24. The van der Waals surface area contributed by atoms with Gasteiger partial charge in [0, 0.05) is 16.9 Å². The molecule has 3 amide bonds. The highest BCUT2D eigenvalue weighted by molar-refractivity contribution is 6.53. The molecule has 1 aliphatic rings. The number of nitrogens with one attached hydrogen (secondary N) is 2. The number of imide groups is 1. The van der Waals surface area contributed by atoms with Gasteiger partial charge in [0.05, 0.1) is 12.8 Å². The molecular formula is C26H22ClN3O4. The molecule has 1 heterocycles. The van der Waals surface area contributed by atoms with Crippen LogP contribution in [0.3, 0.4) is 0 Å². The zero-order valence-corrected chi connectivity index (χ0v) is 19.6. The maximum Gasteiger partial charge on any atom is 0.283 e. The van der Waals surface area contributed by atoms with Crippen molar-refractivity contribution in [3.63, 3.8) is 0 Å². The smallest absolute Gasteiger partial charge is 0.283 e. The molecule has 0 aliphatic carbocycles. The molecule has 0 atom stereocenters. The van der Waals surface area contributed by atoms with Gasteiger partial charge in [0.15, 0.2) is 0 Å². The first-order valence-corrected chi connectivity index (χ1v) is 10.8. The van der Waals surface area contributed by atoms with Crippen molar-refractivity contribution in [2.75, 3.05) is 22.6 Å². The Labute approximate surface area is 202 Å². The van der Waals surface area contributed by atoms with E-state index in [4.69, 9.17) is 16.3 Å². The number of nitrogens with zero attached hydrogens (tertiary/aromatic N) is 1. The van der Waals surface area contributed by atoms with E-state index in [-0.39, 0.29) is 16.6 Å². The summed E-state index contributed by atoms with van der Waals surface area (Å²) in [6.07, 6.45) is 0. The number of methoxy groups -OCH3 is 1. The number of benzene rings is 3. The fourth-order valence-corrected chi connectivity index (χ4v) is 3.66. The molecule has 0 saturated carbocycles. The number of amides is 3. The van der Waals surface area contributed by atoms with Gasteiger partial charge < -0.3 is 15.4 Å². The molecule has 34 heavy (non-hydrogen) atoms. The van der Waals surface area contributed by atoms with E-state index in [1.165, 1.54) is 7.11 Å². The van der Waals surface area contributed by atoms with Crippen molar-refractivity contribution in [2.24, 2.45) is 0 Å². The van der Waals surface area contributed by atoms with E-state index < -0.39 is 11.8 Å². The number of aryl methyl sites for hydroxylation is 2. The Morgan fingerprint density at radius 1 is 0.853 bits per heavy atom. The van der Waals surface area contributed by atoms with Gasteiger partial charge in [-0.1, -0.05) is 17.7 Å². The average molecular weight is 476 g/mol. The minimum atomic E-state index is -0.622. The second-order valence-corrected chi connectivity index (χ2v) is 8.17. The molecule has 0 radical (unpaired) electrons. The van der Waals surface area contributed by atoms with Crippen molar-refractivity contribution >= 4 is 46.4 Å². The third kappa shape index (κ3) is 4.51. The van der Waals surface area contributed by atoms with Crippen LogP contribution >= 0.6 is 11.6 Å². The topological polar surface area (TPSA) is 87.7 Å². The fourth-order valence-electron chi connectivity index (χ4n) is 3.45. The van der Waals surface area contributed by atoms with Gasteiger partial charge in [-0.25, -0.2) is 4.90 Å². The van der Waals surface area contributed by atoms with E-state index in [0.29, 0.717) is 28.4 Å². The Morgan fingerprint density at radius 3 is 2.12 bits per heavy atom. The first-order valence-electron chi connectivity index (χ1n) is 10.5. The van der Waals surface area contributed by atoms with E-state index >= 15 is 0 Å². The van der Waals surface area contributed by atoms with Crippen LogP contribution in [0.5, 0.6) is 5.75 Å².